The second kappa shape index (κ2) is 4.45. The molecular formula is C12H12BrNS. The molecule has 1 heterocycles. The highest BCUT2D eigenvalue weighted by Gasteiger charge is 2.06. The maximum Gasteiger partial charge on any atom is 0.123 e. The van der Waals surface area contributed by atoms with Crippen LogP contribution in [0, 0.1) is 6.92 Å². The highest BCUT2D eigenvalue weighted by molar-refractivity contribution is 9.10. The van der Waals surface area contributed by atoms with Crippen LogP contribution in [0.4, 0.5) is 0 Å². The van der Waals surface area contributed by atoms with Crippen molar-refractivity contribution >= 4 is 27.3 Å². The number of benzene rings is 1. The molecule has 0 N–H and O–H groups in total. The van der Waals surface area contributed by atoms with Crippen LogP contribution in [-0.2, 0) is 6.42 Å². The lowest BCUT2D eigenvalue weighted by atomic mass is 10.1. The number of thiazole rings is 1. The molecule has 0 saturated carbocycles. The van der Waals surface area contributed by atoms with Crippen molar-refractivity contribution in [2.75, 3.05) is 0 Å². The SMILES string of the molecule is CCc1cnc(-c2ccc(Br)cc2C)s1. The summed E-state index contributed by atoms with van der Waals surface area (Å²) in [6.45, 7) is 4.28. The molecule has 0 unspecified atom stereocenters. The first-order chi connectivity index (χ1) is 7.20. The third kappa shape index (κ3) is 2.29. The maximum absolute atomic E-state index is 4.45. The molecule has 2 rings (SSSR count). The van der Waals surface area contributed by atoms with E-state index in [2.05, 4.69) is 53.0 Å². The summed E-state index contributed by atoms with van der Waals surface area (Å²) in [7, 11) is 0. The van der Waals surface area contributed by atoms with Gasteiger partial charge in [-0.25, -0.2) is 4.98 Å². The standard InChI is InChI=1S/C12H12BrNS/c1-3-10-7-14-12(15-10)11-5-4-9(13)6-8(11)2/h4-7H,3H2,1-2H3. The molecule has 0 spiro atoms. The van der Waals surface area contributed by atoms with Gasteiger partial charge in [-0.3, -0.25) is 0 Å². The van der Waals surface area contributed by atoms with Crippen LogP contribution >= 0.6 is 27.3 Å². The monoisotopic (exact) mass is 281 g/mol. The molecule has 15 heavy (non-hydrogen) atoms. The average molecular weight is 282 g/mol. The number of rotatable bonds is 2. The van der Waals surface area contributed by atoms with E-state index in [9.17, 15) is 0 Å². The van der Waals surface area contributed by atoms with Crippen molar-refractivity contribution < 1.29 is 0 Å². The zero-order valence-electron chi connectivity index (χ0n) is 8.75. The first-order valence-electron chi connectivity index (χ1n) is 4.92. The van der Waals surface area contributed by atoms with E-state index in [1.807, 2.05) is 6.20 Å². The summed E-state index contributed by atoms with van der Waals surface area (Å²) in [5.41, 5.74) is 2.50. The van der Waals surface area contributed by atoms with Gasteiger partial charge in [0.2, 0.25) is 0 Å². The zero-order chi connectivity index (χ0) is 10.8. The zero-order valence-corrected chi connectivity index (χ0v) is 11.2. The summed E-state index contributed by atoms with van der Waals surface area (Å²) < 4.78 is 1.12. The third-order valence-electron chi connectivity index (χ3n) is 2.32. The number of hydrogen-bond acceptors (Lipinski definition) is 2. The number of nitrogens with zero attached hydrogens (tertiary/aromatic N) is 1. The van der Waals surface area contributed by atoms with Crippen LogP contribution in [0.1, 0.15) is 17.4 Å². The predicted molar refractivity (Wildman–Crippen MR) is 69.4 cm³/mol. The van der Waals surface area contributed by atoms with E-state index < -0.39 is 0 Å². The van der Waals surface area contributed by atoms with Crippen LogP contribution in [0.5, 0.6) is 0 Å². The molecule has 78 valence electrons. The number of aryl methyl sites for hydroxylation is 2. The molecule has 2 aromatic rings. The number of halogens is 1. The maximum atomic E-state index is 4.45. The van der Waals surface area contributed by atoms with Crippen molar-refractivity contribution in [2.45, 2.75) is 20.3 Å². The van der Waals surface area contributed by atoms with Crippen molar-refractivity contribution in [3.05, 3.63) is 39.3 Å². The minimum absolute atomic E-state index is 1.06. The molecule has 0 fully saturated rings. The van der Waals surface area contributed by atoms with Crippen LogP contribution in [0.15, 0.2) is 28.9 Å². The summed E-state index contributed by atoms with van der Waals surface area (Å²) in [5, 5.41) is 1.12. The van der Waals surface area contributed by atoms with Crippen LogP contribution in [-0.4, -0.2) is 4.98 Å². The fraction of sp³-hybridized carbons (Fsp3) is 0.250. The lowest BCUT2D eigenvalue weighted by Crippen LogP contribution is -1.81. The van der Waals surface area contributed by atoms with E-state index in [0.717, 1.165) is 15.9 Å². The van der Waals surface area contributed by atoms with Crippen LogP contribution < -0.4 is 0 Å². The Balaban J connectivity index is 2.44. The van der Waals surface area contributed by atoms with E-state index in [-0.39, 0.29) is 0 Å². The van der Waals surface area contributed by atoms with Gasteiger partial charge in [0.15, 0.2) is 0 Å². The van der Waals surface area contributed by atoms with Gasteiger partial charge in [0.25, 0.3) is 0 Å². The molecule has 0 atom stereocenters. The van der Waals surface area contributed by atoms with E-state index in [4.69, 9.17) is 0 Å². The lowest BCUT2D eigenvalue weighted by molar-refractivity contribution is 1.17. The molecule has 1 aromatic carbocycles. The molecule has 3 heteroatoms. The average Bonchev–Trinajstić information content (AvgIpc) is 2.66. The summed E-state index contributed by atoms with van der Waals surface area (Å²) in [6.07, 6.45) is 3.04. The van der Waals surface area contributed by atoms with Crippen molar-refractivity contribution in [1.82, 2.24) is 4.98 Å². The van der Waals surface area contributed by atoms with Gasteiger partial charge in [0, 0.05) is 21.1 Å². The number of aromatic nitrogens is 1. The molecule has 0 bridgehead atoms. The fourth-order valence-electron chi connectivity index (χ4n) is 1.46. The van der Waals surface area contributed by atoms with Crippen molar-refractivity contribution in [1.29, 1.82) is 0 Å². The van der Waals surface area contributed by atoms with Gasteiger partial charge >= 0.3 is 0 Å². The molecule has 0 amide bonds. The minimum atomic E-state index is 1.06. The normalized spacial score (nSPS) is 10.6. The molecule has 1 nitrogen and oxygen atoms in total. The summed E-state index contributed by atoms with van der Waals surface area (Å²) in [4.78, 5) is 5.79. The number of hydrogen-bond donors (Lipinski definition) is 0. The largest absolute Gasteiger partial charge is 0.244 e. The van der Waals surface area contributed by atoms with Gasteiger partial charge in [-0.1, -0.05) is 28.9 Å². The van der Waals surface area contributed by atoms with Gasteiger partial charge in [-0.05, 0) is 31.0 Å². The van der Waals surface area contributed by atoms with E-state index in [1.54, 1.807) is 11.3 Å². The Morgan fingerprint density at radius 1 is 1.40 bits per heavy atom. The van der Waals surface area contributed by atoms with E-state index in [1.165, 1.54) is 16.0 Å². The predicted octanol–water partition coefficient (Wildman–Crippen LogP) is 4.44. The van der Waals surface area contributed by atoms with Crippen molar-refractivity contribution in [3.63, 3.8) is 0 Å². The molecule has 0 radical (unpaired) electrons. The Kier molecular flexibility index (Phi) is 3.22. The molecule has 0 saturated heterocycles. The van der Waals surface area contributed by atoms with Crippen molar-refractivity contribution in [3.8, 4) is 10.6 Å². The van der Waals surface area contributed by atoms with E-state index in [0.29, 0.717) is 0 Å². The lowest BCUT2D eigenvalue weighted by Gasteiger charge is -2.02. The first kappa shape index (κ1) is 10.8. The van der Waals surface area contributed by atoms with Gasteiger partial charge in [0.1, 0.15) is 5.01 Å². The van der Waals surface area contributed by atoms with Crippen LogP contribution in [0.2, 0.25) is 0 Å². The smallest absolute Gasteiger partial charge is 0.123 e. The van der Waals surface area contributed by atoms with Gasteiger partial charge < -0.3 is 0 Å². The van der Waals surface area contributed by atoms with E-state index >= 15 is 0 Å². The Morgan fingerprint density at radius 2 is 2.20 bits per heavy atom. The Morgan fingerprint density at radius 3 is 2.80 bits per heavy atom. The summed E-state index contributed by atoms with van der Waals surface area (Å²) in [5.74, 6) is 0. The minimum Gasteiger partial charge on any atom is -0.244 e. The third-order valence-corrected chi connectivity index (χ3v) is 3.99. The van der Waals surface area contributed by atoms with Gasteiger partial charge in [0.05, 0.1) is 0 Å². The topological polar surface area (TPSA) is 12.9 Å². The summed E-state index contributed by atoms with van der Waals surface area (Å²) >= 11 is 5.25. The Bertz CT molecular complexity index is 476. The highest BCUT2D eigenvalue weighted by atomic mass is 79.9. The molecule has 0 aliphatic carbocycles. The van der Waals surface area contributed by atoms with Crippen molar-refractivity contribution in [2.24, 2.45) is 0 Å². The Labute approximate surface area is 102 Å². The quantitative estimate of drug-likeness (QED) is 0.793. The molecular weight excluding hydrogens is 270 g/mol. The fourth-order valence-corrected chi connectivity index (χ4v) is 2.88. The molecule has 1 aromatic heterocycles. The summed E-state index contributed by atoms with van der Waals surface area (Å²) in [6, 6.07) is 6.31. The molecule has 0 aliphatic heterocycles. The van der Waals surface area contributed by atoms with Gasteiger partial charge in [-0.2, -0.15) is 0 Å². The second-order valence-corrected chi connectivity index (χ2v) is 5.48. The highest BCUT2D eigenvalue weighted by Crippen LogP contribution is 2.29. The Hall–Kier alpha value is -0.670. The van der Waals surface area contributed by atoms with Crippen LogP contribution in [0.3, 0.4) is 0 Å². The molecule has 0 aliphatic rings. The second-order valence-electron chi connectivity index (χ2n) is 3.44. The van der Waals surface area contributed by atoms with Gasteiger partial charge in [-0.15, -0.1) is 11.3 Å². The van der Waals surface area contributed by atoms with Crippen LogP contribution in [0.25, 0.3) is 10.6 Å². The first-order valence-corrected chi connectivity index (χ1v) is 6.53.